The third-order valence-electron chi connectivity index (χ3n) is 5.82. The first-order valence-corrected chi connectivity index (χ1v) is 11.0. The van der Waals surface area contributed by atoms with Crippen LogP contribution in [0, 0.1) is 5.82 Å². The Morgan fingerprint density at radius 2 is 1.91 bits per heavy atom. The highest BCUT2D eigenvalue weighted by molar-refractivity contribution is 5.99. The number of carbonyl (C=O) groups is 1. The van der Waals surface area contributed by atoms with Crippen molar-refractivity contribution in [3.05, 3.63) is 66.0 Å². The number of benzene rings is 2. The number of hydrogen-bond donors (Lipinski definition) is 0. The van der Waals surface area contributed by atoms with Crippen LogP contribution in [0.2, 0.25) is 0 Å². The van der Waals surface area contributed by atoms with Gasteiger partial charge >= 0.3 is 0 Å². The van der Waals surface area contributed by atoms with Crippen molar-refractivity contribution in [2.24, 2.45) is 0 Å². The van der Waals surface area contributed by atoms with E-state index in [9.17, 15) is 9.18 Å². The van der Waals surface area contributed by atoms with E-state index in [1.165, 1.54) is 12.1 Å². The van der Waals surface area contributed by atoms with E-state index in [1.54, 1.807) is 30.5 Å². The summed E-state index contributed by atoms with van der Waals surface area (Å²) in [5, 5.41) is 4.89. The van der Waals surface area contributed by atoms with E-state index in [-0.39, 0.29) is 23.7 Å². The van der Waals surface area contributed by atoms with Crippen LogP contribution in [0.15, 0.2) is 57.7 Å². The number of likely N-dealkylation sites (tertiary alicyclic amines) is 1. The normalized spacial score (nSPS) is 14.8. The lowest BCUT2D eigenvalue weighted by molar-refractivity contribution is 0.0704. The molecule has 0 bridgehead atoms. The molecule has 33 heavy (non-hydrogen) atoms. The predicted octanol–water partition coefficient (Wildman–Crippen LogP) is 5.43. The Morgan fingerprint density at radius 1 is 1.15 bits per heavy atom. The van der Waals surface area contributed by atoms with Crippen LogP contribution in [0.5, 0.6) is 5.75 Å². The van der Waals surface area contributed by atoms with Gasteiger partial charge in [0.15, 0.2) is 0 Å². The Labute approximate surface area is 190 Å². The van der Waals surface area contributed by atoms with E-state index in [0.717, 1.165) is 18.2 Å². The first-order chi connectivity index (χ1) is 16.0. The maximum Gasteiger partial charge on any atom is 0.254 e. The van der Waals surface area contributed by atoms with Gasteiger partial charge in [-0.3, -0.25) is 4.79 Å². The molecule has 1 aliphatic rings. The molecule has 0 unspecified atom stereocenters. The molecule has 4 aromatic rings. The lowest BCUT2D eigenvalue weighted by Gasteiger charge is -2.30. The number of rotatable bonds is 5. The quantitative estimate of drug-likeness (QED) is 0.404. The highest BCUT2D eigenvalue weighted by atomic mass is 19.1. The number of amides is 1. The Balaban J connectivity index is 1.28. The number of hydrogen-bond acceptors (Lipinski definition) is 6. The van der Waals surface area contributed by atoms with Gasteiger partial charge in [-0.25, -0.2) is 4.39 Å². The summed E-state index contributed by atoms with van der Waals surface area (Å²) in [5.41, 5.74) is 1.88. The minimum absolute atomic E-state index is 0.0154. The van der Waals surface area contributed by atoms with Crippen molar-refractivity contribution >= 4 is 16.9 Å². The van der Waals surface area contributed by atoms with Gasteiger partial charge in [-0.15, -0.1) is 0 Å². The van der Waals surface area contributed by atoms with Gasteiger partial charge in [-0.05, 0) is 69.2 Å². The number of halogens is 1. The number of piperidine rings is 1. The van der Waals surface area contributed by atoms with E-state index >= 15 is 0 Å². The molecule has 7 nitrogen and oxygen atoms in total. The van der Waals surface area contributed by atoms with Crippen molar-refractivity contribution in [3.63, 3.8) is 0 Å². The third-order valence-corrected chi connectivity index (χ3v) is 5.82. The summed E-state index contributed by atoms with van der Waals surface area (Å²) < 4.78 is 30.1. The number of carbonyl (C=O) groups excluding carboxylic acids is 1. The topological polar surface area (TPSA) is 81.6 Å². The lowest BCUT2D eigenvalue weighted by atomic mass is 9.96. The summed E-state index contributed by atoms with van der Waals surface area (Å²) in [4.78, 5) is 19.5. The Bertz CT molecular complexity index is 1270. The molecule has 0 saturated carbocycles. The first-order valence-electron chi connectivity index (χ1n) is 11.0. The molecular formula is C25H24FN3O4. The molecule has 170 valence electrons. The summed E-state index contributed by atoms with van der Waals surface area (Å²) in [7, 11) is 0. The van der Waals surface area contributed by atoms with Crippen LogP contribution in [0.1, 0.15) is 48.9 Å². The van der Waals surface area contributed by atoms with Gasteiger partial charge in [0.05, 0.1) is 17.8 Å². The highest BCUT2D eigenvalue weighted by Crippen LogP contribution is 2.32. The molecule has 2 aromatic heterocycles. The van der Waals surface area contributed by atoms with E-state index in [2.05, 4.69) is 10.1 Å². The van der Waals surface area contributed by atoms with Crippen LogP contribution in [0.3, 0.4) is 0 Å². The van der Waals surface area contributed by atoms with Crippen molar-refractivity contribution < 1.29 is 22.9 Å². The van der Waals surface area contributed by atoms with Gasteiger partial charge in [0.2, 0.25) is 11.7 Å². The van der Waals surface area contributed by atoms with Crippen molar-refractivity contribution in [2.45, 2.75) is 38.7 Å². The fraction of sp³-hybridized carbons (Fsp3) is 0.320. The van der Waals surface area contributed by atoms with Gasteiger partial charge in [-0.2, -0.15) is 4.98 Å². The molecule has 0 aliphatic carbocycles. The second-order valence-electron chi connectivity index (χ2n) is 8.50. The maximum absolute atomic E-state index is 13.2. The van der Waals surface area contributed by atoms with Gasteiger partial charge in [0.1, 0.15) is 17.1 Å². The SMILES string of the molecule is CC(C)Oc1cc(C(=O)N2CCC(c3nc(-c4ccc(F)cc4)no3)CC2)cc2occc12. The van der Waals surface area contributed by atoms with Crippen molar-refractivity contribution in [1.29, 1.82) is 0 Å². The molecular weight excluding hydrogens is 425 g/mol. The number of fused-ring (bicyclic) bond motifs is 1. The van der Waals surface area contributed by atoms with Crippen molar-refractivity contribution in [3.8, 4) is 17.1 Å². The molecule has 2 aromatic carbocycles. The fourth-order valence-electron chi connectivity index (χ4n) is 4.14. The van der Waals surface area contributed by atoms with Gasteiger partial charge < -0.3 is 18.6 Å². The van der Waals surface area contributed by atoms with Crippen LogP contribution in [-0.4, -0.2) is 40.1 Å². The number of ether oxygens (including phenoxy) is 1. The predicted molar refractivity (Wildman–Crippen MR) is 120 cm³/mol. The summed E-state index contributed by atoms with van der Waals surface area (Å²) in [6.07, 6.45) is 3.02. The smallest absolute Gasteiger partial charge is 0.254 e. The monoisotopic (exact) mass is 449 g/mol. The Hall–Kier alpha value is -3.68. The molecule has 5 rings (SSSR count). The minimum atomic E-state index is -0.311. The molecule has 1 saturated heterocycles. The second kappa shape index (κ2) is 8.69. The zero-order valence-corrected chi connectivity index (χ0v) is 18.5. The zero-order chi connectivity index (χ0) is 22.9. The summed E-state index contributed by atoms with van der Waals surface area (Å²) >= 11 is 0. The Kier molecular flexibility index (Phi) is 5.58. The zero-order valence-electron chi connectivity index (χ0n) is 18.5. The minimum Gasteiger partial charge on any atom is -0.490 e. The molecule has 0 atom stereocenters. The number of nitrogens with zero attached hydrogens (tertiary/aromatic N) is 3. The van der Waals surface area contributed by atoms with Crippen LogP contribution in [0.4, 0.5) is 4.39 Å². The molecule has 1 amide bonds. The lowest BCUT2D eigenvalue weighted by Crippen LogP contribution is -2.38. The van der Waals surface area contributed by atoms with E-state index in [1.807, 2.05) is 24.8 Å². The molecule has 0 spiro atoms. The molecule has 1 fully saturated rings. The standard InChI is InChI=1S/C25H24FN3O4/c1-15(2)32-22-14-18(13-21-20(22)9-12-31-21)25(30)29-10-7-17(8-11-29)24-27-23(28-33-24)16-3-5-19(26)6-4-16/h3-6,9,12-15,17H,7-8,10-11H2,1-2H3. The average Bonchev–Trinajstić information content (AvgIpc) is 3.49. The summed E-state index contributed by atoms with van der Waals surface area (Å²) in [6.45, 7) is 5.05. The molecule has 3 heterocycles. The van der Waals surface area contributed by atoms with E-state index < -0.39 is 0 Å². The first kappa shape index (κ1) is 21.2. The molecule has 8 heteroatoms. The average molecular weight is 449 g/mol. The molecule has 0 N–H and O–H groups in total. The number of aromatic nitrogens is 2. The van der Waals surface area contributed by atoms with Crippen LogP contribution >= 0.6 is 0 Å². The van der Waals surface area contributed by atoms with E-state index in [0.29, 0.717) is 47.3 Å². The van der Waals surface area contributed by atoms with Crippen molar-refractivity contribution in [2.75, 3.05) is 13.1 Å². The van der Waals surface area contributed by atoms with Crippen LogP contribution in [-0.2, 0) is 0 Å². The van der Waals surface area contributed by atoms with Gasteiger partial charge in [0.25, 0.3) is 5.91 Å². The second-order valence-corrected chi connectivity index (χ2v) is 8.50. The maximum atomic E-state index is 13.2. The summed E-state index contributed by atoms with van der Waals surface area (Å²) in [5.74, 6) is 1.34. The summed E-state index contributed by atoms with van der Waals surface area (Å²) in [6, 6.07) is 11.4. The number of furan rings is 1. The molecule has 1 aliphatic heterocycles. The van der Waals surface area contributed by atoms with Crippen LogP contribution < -0.4 is 4.74 Å². The largest absolute Gasteiger partial charge is 0.490 e. The highest BCUT2D eigenvalue weighted by Gasteiger charge is 2.29. The fourth-order valence-corrected chi connectivity index (χ4v) is 4.14. The van der Waals surface area contributed by atoms with Crippen LogP contribution in [0.25, 0.3) is 22.4 Å². The molecule has 0 radical (unpaired) electrons. The van der Waals surface area contributed by atoms with Gasteiger partial charge in [0, 0.05) is 30.1 Å². The van der Waals surface area contributed by atoms with E-state index in [4.69, 9.17) is 13.7 Å². The van der Waals surface area contributed by atoms with Gasteiger partial charge in [-0.1, -0.05) is 5.16 Å². The van der Waals surface area contributed by atoms with Crippen molar-refractivity contribution in [1.82, 2.24) is 15.0 Å². The third kappa shape index (κ3) is 4.33. The Morgan fingerprint density at radius 3 is 2.64 bits per heavy atom.